The minimum atomic E-state index is -0.125. The van der Waals surface area contributed by atoms with E-state index in [1.165, 1.54) is 0 Å². The van der Waals surface area contributed by atoms with Crippen LogP contribution < -0.4 is 10.6 Å². The Labute approximate surface area is 155 Å². The lowest BCUT2D eigenvalue weighted by Crippen LogP contribution is -2.45. The lowest BCUT2D eigenvalue weighted by molar-refractivity contribution is -0.158. The summed E-state index contributed by atoms with van der Waals surface area (Å²) in [7, 11) is 0. The smallest absolute Gasteiger partial charge is 0.314 e. The highest BCUT2D eigenvalue weighted by Crippen LogP contribution is 2.33. The van der Waals surface area contributed by atoms with Crippen molar-refractivity contribution in [3.05, 3.63) is 0 Å². The van der Waals surface area contributed by atoms with Gasteiger partial charge in [0.25, 0.3) is 0 Å². The second-order valence-electron chi connectivity index (χ2n) is 7.79. The Balaban J connectivity index is 1.34. The summed E-state index contributed by atoms with van der Waals surface area (Å²) in [6.07, 6.45) is 6.70. The number of esters is 1. The molecule has 3 rings (SSSR count). The monoisotopic (exact) mass is 365 g/mol. The van der Waals surface area contributed by atoms with E-state index >= 15 is 0 Å². The van der Waals surface area contributed by atoms with Crippen molar-refractivity contribution in [2.24, 2.45) is 11.8 Å². The summed E-state index contributed by atoms with van der Waals surface area (Å²) in [5.41, 5.74) is 0. The first-order chi connectivity index (χ1) is 12.6. The molecule has 2 saturated carbocycles. The molecule has 0 radical (unpaired) electrons. The minimum absolute atomic E-state index is 0.0408. The minimum Gasteiger partial charge on any atom is -0.462 e. The quantitative estimate of drug-likeness (QED) is 0.728. The van der Waals surface area contributed by atoms with Crippen LogP contribution in [0.5, 0.6) is 0 Å². The van der Waals surface area contributed by atoms with Crippen LogP contribution in [0.25, 0.3) is 0 Å². The van der Waals surface area contributed by atoms with Gasteiger partial charge in [-0.1, -0.05) is 0 Å². The van der Waals surface area contributed by atoms with Crippen molar-refractivity contribution in [2.45, 2.75) is 70.4 Å². The first-order valence-electron chi connectivity index (χ1n) is 10.1. The Hall–Kier alpha value is -1.79. The molecule has 3 amide bonds. The molecule has 0 atom stereocenters. The predicted octanol–water partition coefficient (Wildman–Crippen LogP) is 1.81. The molecule has 1 aliphatic heterocycles. The molecule has 2 aliphatic carbocycles. The summed E-state index contributed by atoms with van der Waals surface area (Å²) < 4.78 is 5.72. The average molecular weight is 365 g/mol. The lowest BCUT2D eigenvalue weighted by atomic mass is 9.92. The number of amides is 3. The van der Waals surface area contributed by atoms with Gasteiger partial charge in [0.1, 0.15) is 6.10 Å². The van der Waals surface area contributed by atoms with Crippen molar-refractivity contribution in [1.82, 2.24) is 15.5 Å². The van der Waals surface area contributed by atoms with Gasteiger partial charge >= 0.3 is 12.0 Å². The van der Waals surface area contributed by atoms with Crippen molar-refractivity contribution < 1.29 is 19.1 Å². The summed E-state index contributed by atoms with van der Waals surface area (Å²) in [6, 6.07) is 0.0358. The van der Waals surface area contributed by atoms with Crippen molar-refractivity contribution in [3.63, 3.8) is 0 Å². The molecule has 0 aromatic heterocycles. The standard InChI is InChI=1S/C19H31N3O4/c1-2-20-19(25)21-15-5-7-16(8-6-15)26-18(24)14-9-11-22(12-10-14)17(23)13-3-4-13/h13-16H,2-12H2,1H3,(H2,20,21,25). The van der Waals surface area contributed by atoms with Crippen molar-refractivity contribution in [3.8, 4) is 0 Å². The van der Waals surface area contributed by atoms with Crippen LogP contribution in [0.15, 0.2) is 0 Å². The second kappa shape index (κ2) is 8.73. The molecule has 2 N–H and O–H groups in total. The maximum absolute atomic E-state index is 12.4. The summed E-state index contributed by atoms with van der Waals surface area (Å²) in [5.74, 6) is 0.338. The van der Waals surface area contributed by atoms with Crippen LogP contribution in [-0.4, -0.2) is 54.6 Å². The van der Waals surface area contributed by atoms with Crippen LogP contribution in [-0.2, 0) is 14.3 Å². The number of hydrogen-bond donors (Lipinski definition) is 2. The van der Waals surface area contributed by atoms with Gasteiger partial charge in [-0.25, -0.2) is 4.79 Å². The number of rotatable bonds is 5. The van der Waals surface area contributed by atoms with E-state index in [1.807, 2.05) is 11.8 Å². The fraction of sp³-hybridized carbons (Fsp3) is 0.842. The first kappa shape index (κ1) is 19.0. The third-order valence-corrected chi connectivity index (χ3v) is 5.70. The molecule has 0 bridgehead atoms. The second-order valence-corrected chi connectivity index (χ2v) is 7.79. The average Bonchev–Trinajstić information content (AvgIpc) is 3.48. The van der Waals surface area contributed by atoms with Crippen LogP contribution in [0.3, 0.4) is 0 Å². The highest BCUT2D eigenvalue weighted by atomic mass is 16.5. The molecule has 146 valence electrons. The third kappa shape index (κ3) is 5.11. The maximum Gasteiger partial charge on any atom is 0.314 e. The van der Waals surface area contributed by atoms with Crippen molar-refractivity contribution >= 4 is 17.9 Å². The molecule has 0 spiro atoms. The molecule has 3 aliphatic rings. The molecule has 7 nitrogen and oxygen atoms in total. The molecule has 0 aromatic carbocycles. The van der Waals surface area contributed by atoms with Gasteiger partial charge in [0.15, 0.2) is 0 Å². The molecule has 7 heteroatoms. The number of likely N-dealkylation sites (tertiary alicyclic amines) is 1. The number of carbonyl (C=O) groups is 3. The number of nitrogens with zero attached hydrogens (tertiary/aromatic N) is 1. The Morgan fingerprint density at radius 3 is 2.15 bits per heavy atom. The fourth-order valence-corrected chi connectivity index (χ4v) is 3.91. The van der Waals surface area contributed by atoms with Gasteiger partial charge < -0.3 is 20.3 Å². The van der Waals surface area contributed by atoms with E-state index < -0.39 is 0 Å². The van der Waals surface area contributed by atoms with Gasteiger partial charge in [0, 0.05) is 31.6 Å². The summed E-state index contributed by atoms with van der Waals surface area (Å²) in [4.78, 5) is 38.0. The summed E-state index contributed by atoms with van der Waals surface area (Å²) in [5, 5.41) is 5.70. The lowest BCUT2D eigenvalue weighted by Gasteiger charge is -2.33. The summed E-state index contributed by atoms with van der Waals surface area (Å²) >= 11 is 0. The Kier molecular flexibility index (Phi) is 6.38. The van der Waals surface area contributed by atoms with Crippen molar-refractivity contribution in [2.75, 3.05) is 19.6 Å². The molecular formula is C19H31N3O4. The van der Waals surface area contributed by atoms with E-state index in [0.29, 0.717) is 32.5 Å². The van der Waals surface area contributed by atoms with Crippen LogP contribution in [0.2, 0.25) is 0 Å². The topological polar surface area (TPSA) is 87.7 Å². The molecule has 3 fully saturated rings. The van der Waals surface area contributed by atoms with Crippen LogP contribution in [0.1, 0.15) is 58.3 Å². The number of carbonyl (C=O) groups excluding carboxylic acids is 3. The number of piperidine rings is 1. The normalized spacial score (nSPS) is 26.9. The Morgan fingerprint density at radius 1 is 0.923 bits per heavy atom. The Bertz CT molecular complexity index is 519. The molecular weight excluding hydrogens is 334 g/mol. The Morgan fingerprint density at radius 2 is 1.58 bits per heavy atom. The maximum atomic E-state index is 12.4. The highest BCUT2D eigenvalue weighted by molar-refractivity contribution is 5.81. The van der Waals surface area contributed by atoms with Crippen LogP contribution >= 0.6 is 0 Å². The van der Waals surface area contributed by atoms with E-state index in [2.05, 4.69) is 10.6 Å². The number of nitrogens with one attached hydrogen (secondary N) is 2. The van der Waals surface area contributed by atoms with E-state index in [9.17, 15) is 14.4 Å². The largest absolute Gasteiger partial charge is 0.462 e. The number of urea groups is 1. The zero-order chi connectivity index (χ0) is 18.5. The molecule has 0 unspecified atom stereocenters. The van der Waals surface area contributed by atoms with E-state index in [-0.39, 0.29) is 41.9 Å². The SMILES string of the molecule is CCNC(=O)NC1CCC(OC(=O)C2CCN(C(=O)C3CC3)CC2)CC1. The van der Waals surface area contributed by atoms with Gasteiger partial charge in [0.2, 0.25) is 5.91 Å². The molecule has 1 saturated heterocycles. The van der Waals surface area contributed by atoms with Gasteiger partial charge in [0.05, 0.1) is 5.92 Å². The molecule has 0 aromatic rings. The highest BCUT2D eigenvalue weighted by Gasteiger charge is 2.37. The first-order valence-corrected chi connectivity index (χ1v) is 10.1. The molecule has 26 heavy (non-hydrogen) atoms. The predicted molar refractivity (Wildman–Crippen MR) is 96.4 cm³/mol. The van der Waals surface area contributed by atoms with Crippen LogP contribution in [0, 0.1) is 11.8 Å². The summed E-state index contributed by atoms with van der Waals surface area (Å²) in [6.45, 7) is 3.86. The number of ether oxygens (including phenoxy) is 1. The van der Waals surface area contributed by atoms with Crippen LogP contribution in [0.4, 0.5) is 4.79 Å². The van der Waals surface area contributed by atoms with E-state index in [0.717, 1.165) is 38.5 Å². The van der Waals surface area contributed by atoms with Gasteiger partial charge in [-0.05, 0) is 58.3 Å². The number of hydrogen-bond acceptors (Lipinski definition) is 4. The van der Waals surface area contributed by atoms with Crippen molar-refractivity contribution in [1.29, 1.82) is 0 Å². The van der Waals surface area contributed by atoms with Gasteiger partial charge in [-0.15, -0.1) is 0 Å². The third-order valence-electron chi connectivity index (χ3n) is 5.70. The van der Waals surface area contributed by atoms with E-state index in [1.54, 1.807) is 0 Å². The molecule has 1 heterocycles. The zero-order valence-electron chi connectivity index (χ0n) is 15.7. The van der Waals surface area contributed by atoms with Gasteiger partial charge in [-0.2, -0.15) is 0 Å². The van der Waals surface area contributed by atoms with Gasteiger partial charge in [-0.3, -0.25) is 9.59 Å². The zero-order valence-corrected chi connectivity index (χ0v) is 15.7. The van der Waals surface area contributed by atoms with E-state index in [4.69, 9.17) is 4.74 Å². The fourth-order valence-electron chi connectivity index (χ4n) is 3.91.